The molecule has 1 aliphatic heterocycles. The van der Waals surface area contributed by atoms with Crippen LogP contribution < -0.4 is 4.74 Å². The molecule has 1 heterocycles. The van der Waals surface area contributed by atoms with Crippen molar-refractivity contribution in [3.05, 3.63) is 77.6 Å². The zero-order chi connectivity index (χ0) is 16.2. The molecular formula is C19H18FNO2. The van der Waals surface area contributed by atoms with Gasteiger partial charge in [0.25, 0.3) is 0 Å². The van der Waals surface area contributed by atoms with E-state index in [1.165, 1.54) is 17.7 Å². The van der Waals surface area contributed by atoms with Crippen LogP contribution in [0.1, 0.15) is 16.7 Å². The summed E-state index contributed by atoms with van der Waals surface area (Å²) >= 11 is 0. The van der Waals surface area contributed by atoms with E-state index < -0.39 is 0 Å². The molecule has 0 aromatic heterocycles. The van der Waals surface area contributed by atoms with Gasteiger partial charge in [-0.25, -0.2) is 4.39 Å². The highest BCUT2D eigenvalue weighted by Crippen LogP contribution is 2.25. The van der Waals surface area contributed by atoms with Crippen molar-refractivity contribution in [3.8, 4) is 5.75 Å². The lowest BCUT2D eigenvalue weighted by Crippen LogP contribution is -2.34. The van der Waals surface area contributed by atoms with Gasteiger partial charge in [-0.2, -0.15) is 0 Å². The number of benzene rings is 2. The van der Waals surface area contributed by atoms with Crippen LogP contribution >= 0.6 is 0 Å². The minimum Gasteiger partial charge on any atom is -0.489 e. The van der Waals surface area contributed by atoms with E-state index >= 15 is 0 Å². The fourth-order valence-corrected chi connectivity index (χ4v) is 2.72. The van der Waals surface area contributed by atoms with E-state index in [4.69, 9.17) is 4.74 Å². The van der Waals surface area contributed by atoms with Gasteiger partial charge in [0.1, 0.15) is 18.2 Å². The topological polar surface area (TPSA) is 29.5 Å². The lowest BCUT2D eigenvalue weighted by Gasteiger charge is -2.28. The van der Waals surface area contributed by atoms with Gasteiger partial charge in [-0.05, 0) is 41.8 Å². The Labute approximate surface area is 135 Å². The molecule has 0 saturated carbocycles. The first-order chi connectivity index (χ1) is 11.2. The van der Waals surface area contributed by atoms with Crippen LogP contribution in [0.25, 0.3) is 0 Å². The number of nitrogens with zero attached hydrogens (tertiary/aromatic N) is 1. The van der Waals surface area contributed by atoms with Crippen LogP contribution in [0.2, 0.25) is 0 Å². The first-order valence-electron chi connectivity index (χ1n) is 7.56. The molecule has 1 amide bonds. The maximum atomic E-state index is 13.6. The standard InChI is InChI=1S/C19H18FNO2/c1-2-19(22)21-10-9-14-7-8-17(11-16(14)12-21)23-13-15-5-3-4-6-18(15)20/h2-8,11H,1,9-10,12-13H2. The number of halogens is 1. The molecule has 0 spiro atoms. The molecule has 0 atom stereocenters. The highest BCUT2D eigenvalue weighted by atomic mass is 19.1. The maximum Gasteiger partial charge on any atom is 0.246 e. The molecule has 23 heavy (non-hydrogen) atoms. The van der Waals surface area contributed by atoms with Crippen LogP contribution in [0.15, 0.2) is 55.1 Å². The van der Waals surface area contributed by atoms with Crippen molar-refractivity contribution in [2.75, 3.05) is 6.54 Å². The van der Waals surface area contributed by atoms with Crippen molar-refractivity contribution in [2.24, 2.45) is 0 Å². The fraction of sp³-hybridized carbons (Fsp3) is 0.211. The van der Waals surface area contributed by atoms with Crippen molar-refractivity contribution in [2.45, 2.75) is 19.6 Å². The second-order valence-electron chi connectivity index (χ2n) is 5.52. The lowest BCUT2D eigenvalue weighted by molar-refractivity contribution is -0.126. The number of rotatable bonds is 4. The van der Waals surface area contributed by atoms with E-state index in [1.807, 2.05) is 18.2 Å². The van der Waals surface area contributed by atoms with Crippen molar-refractivity contribution in [1.29, 1.82) is 0 Å². The van der Waals surface area contributed by atoms with E-state index in [0.29, 0.717) is 24.4 Å². The number of amides is 1. The number of fused-ring (bicyclic) bond motifs is 1. The smallest absolute Gasteiger partial charge is 0.246 e. The normalized spacial score (nSPS) is 13.3. The zero-order valence-electron chi connectivity index (χ0n) is 12.8. The first kappa shape index (κ1) is 15.3. The summed E-state index contributed by atoms with van der Waals surface area (Å²) in [7, 11) is 0. The van der Waals surface area contributed by atoms with E-state index in [1.54, 1.807) is 23.1 Å². The average Bonchev–Trinajstić information content (AvgIpc) is 2.59. The van der Waals surface area contributed by atoms with Crippen LogP contribution in [-0.4, -0.2) is 17.4 Å². The van der Waals surface area contributed by atoms with Crippen LogP contribution in [0, 0.1) is 5.82 Å². The molecule has 2 aromatic rings. The van der Waals surface area contributed by atoms with E-state index in [0.717, 1.165) is 12.0 Å². The molecule has 4 heteroatoms. The van der Waals surface area contributed by atoms with Crippen molar-refractivity contribution in [3.63, 3.8) is 0 Å². The van der Waals surface area contributed by atoms with Crippen molar-refractivity contribution in [1.82, 2.24) is 4.90 Å². The van der Waals surface area contributed by atoms with Crippen LogP contribution in [0.5, 0.6) is 5.75 Å². The monoisotopic (exact) mass is 311 g/mol. The largest absolute Gasteiger partial charge is 0.489 e. The molecular weight excluding hydrogens is 293 g/mol. The third-order valence-electron chi connectivity index (χ3n) is 4.03. The lowest BCUT2D eigenvalue weighted by atomic mass is 9.99. The quantitative estimate of drug-likeness (QED) is 0.809. The van der Waals surface area contributed by atoms with Crippen LogP contribution in [0.4, 0.5) is 4.39 Å². The van der Waals surface area contributed by atoms with Crippen molar-refractivity contribution >= 4 is 5.91 Å². The highest BCUT2D eigenvalue weighted by molar-refractivity contribution is 5.87. The molecule has 2 aromatic carbocycles. The van der Waals surface area contributed by atoms with Gasteiger partial charge in [-0.15, -0.1) is 0 Å². The molecule has 3 rings (SSSR count). The first-order valence-corrected chi connectivity index (χ1v) is 7.56. The Balaban J connectivity index is 1.72. The fourth-order valence-electron chi connectivity index (χ4n) is 2.72. The predicted octanol–water partition coefficient (Wildman–Crippen LogP) is 3.48. The molecule has 0 N–H and O–H groups in total. The number of ether oxygens (including phenoxy) is 1. The van der Waals surface area contributed by atoms with Crippen molar-refractivity contribution < 1.29 is 13.9 Å². The minimum absolute atomic E-state index is 0.0617. The molecule has 0 fully saturated rings. The van der Waals surface area contributed by atoms with Gasteiger partial charge in [0, 0.05) is 18.7 Å². The predicted molar refractivity (Wildman–Crippen MR) is 86.5 cm³/mol. The third kappa shape index (κ3) is 3.42. The summed E-state index contributed by atoms with van der Waals surface area (Å²) in [5, 5.41) is 0. The van der Waals surface area contributed by atoms with Gasteiger partial charge >= 0.3 is 0 Å². The second-order valence-corrected chi connectivity index (χ2v) is 5.52. The molecule has 0 unspecified atom stereocenters. The number of carbonyl (C=O) groups is 1. The van der Waals surface area contributed by atoms with Crippen LogP contribution in [0.3, 0.4) is 0 Å². The third-order valence-corrected chi connectivity index (χ3v) is 4.03. The summed E-state index contributed by atoms with van der Waals surface area (Å²) in [5.74, 6) is 0.349. The molecule has 3 nitrogen and oxygen atoms in total. The van der Waals surface area contributed by atoms with E-state index in [2.05, 4.69) is 6.58 Å². The van der Waals surface area contributed by atoms with E-state index in [9.17, 15) is 9.18 Å². The Kier molecular flexibility index (Phi) is 4.42. The summed E-state index contributed by atoms with van der Waals surface area (Å²) in [6.07, 6.45) is 2.16. The number of carbonyl (C=O) groups excluding carboxylic acids is 1. The molecule has 0 radical (unpaired) electrons. The summed E-state index contributed by atoms with van der Waals surface area (Å²) in [6, 6.07) is 12.4. The molecule has 1 aliphatic rings. The Bertz CT molecular complexity index is 742. The molecule has 118 valence electrons. The zero-order valence-corrected chi connectivity index (χ0v) is 12.8. The van der Waals surface area contributed by atoms with Gasteiger partial charge in [-0.3, -0.25) is 4.79 Å². The van der Waals surface area contributed by atoms with Gasteiger partial charge in [0.05, 0.1) is 0 Å². The molecule has 0 saturated heterocycles. The molecule has 0 aliphatic carbocycles. The summed E-state index contributed by atoms with van der Waals surface area (Å²) < 4.78 is 19.3. The summed E-state index contributed by atoms with van der Waals surface area (Å²) in [5.41, 5.74) is 2.81. The SMILES string of the molecule is C=CC(=O)N1CCc2ccc(OCc3ccccc3F)cc2C1. The Morgan fingerprint density at radius 3 is 2.87 bits per heavy atom. The summed E-state index contributed by atoms with van der Waals surface area (Å²) in [6.45, 7) is 4.96. The van der Waals surface area contributed by atoms with Gasteiger partial charge in [-0.1, -0.05) is 30.8 Å². The average molecular weight is 311 g/mol. The maximum absolute atomic E-state index is 13.6. The van der Waals surface area contributed by atoms with Gasteiger partial charge in [0.2, 0.25) is 5.91 Å². The Morgan fingerprint density at radius 1 is 1.26 bits per heavy atom. The molecule has 0 bridgehead atoms. The Morgan fingerprint density at radius 2 is 2.09 bits per heavy atom. The summed E-state index contributed by atoms with van der Waals surface area (Å²) in [4.78, 5) is 13.5. The highest BCUT2D eigenvalue weighted by Gasteiger charge is 2.19. The number of hydrogen-bond acceptors (Lipinski definition) is 2. The van der Waals surface area contributed by atoms with E-state index in [-0.39, 0.29) is 18.3 Å². The minimum atomic E-state index is -0.270. The second kappa shape index (κ2) is 6.65. The van der Waals surface area contributed by atoms with Crippen LogP contribution in [-0.2, 0) is 24.4 Å². The Hall–Kier alpha value is -2.62. The van der Waals surface area contributed by atoms with Gasteiger partial charge in [0.15, 0.2) is 0 Å². The van der Waals surface area contributed by atoms with Gasteiger partial charge < -0.3 is 9.64 Å². The number of hydrogen-bond donors (Lipinski definition) is 0.